The molecule has 2 saturated heterocycles. The van der Waals surface area contributed by atoms with Gasteiger partial charge in [-0.25, -0.2) is 4.90 Å². The number of amides is 2. The van der Waals surface area contributed by atoms with Gasteiger partial charge in [0.05, 0.1) is 40.8 Å². The van der Waals surface area contributed by atoms with Crippen LogP contribution in [0.1, 0.15) is 11.1 Å². The van der Waals surface area contributed by atoms with E-state index in [0.717, 1.165) is 4.90 Å². The van der Waals surface area contributed by atoms with E-state index in [0.29, 0.717) is 6.07 Å². The highest BCUT2D eigenvalue weighted by Crippen LogP contribution is 2.47. The maximum absolute atomic E-state index is 13.3. The Labute approximate surface area is 155 Å². The Morgan fingerprint density at radius 1 is 1.04 bits per heavy atom. The summed E-state index contributed by atoms with van der Waals surface area (Å²) < 4.78 is 45.5. The van der Waals surface area contributed by atoms with Crippen LogP contribution in [0.25, 0.3) is 10.9 Å². The fourth-order valence-corrected chi connectivity index (χ4v) is 4.47. The van der Waals surface area contributed by atoms with Gasteiger partial charge in [0.25, 0.3) is 0 Å². The number of rotatable bonds is 1. The summed E-state index contributed by atoms with van der Waals surface area (Å²) in [4.78, 5) is 41.0. The highest BCUT2D eigenvalue weighted by atomic mass is 19.4. The Morgan fingerprint density at radius 3 is 2.21 bits per heavy atom. The van der Waals surface area contributed by atoms with Crippen molar-refractivity contribution in [2.45, 2.75) is 25.3 Å². The highest BCUT2D eigenvalue weighted by Gasteiger charge is 2.61. The van der Waals surface area contributed by atoms with Gasteiger partial charge in [0.2, 0.25) is 17.4 Å². The first-order chi connectivity index (χ1) is 13.2. The van der Waals surface area contributed by atoms with Crippen molar-refractivity contribution in [3.8, 4) is 0 Å². The predicted molar refractivity (Wildman–Crippen MR) is 91.6 cm³/mol. The molecule has 1 aromatic heterocycles. The quantitative estimate of drug-likeness (QED) is 0.599. The van der Waals surface area contributed by atoms with Crippen LogP contribution in [0.2, 0.25) is 0 Å². The summed E-state index contributed by atoms with van der Waals surface area (Å²) in [5.74, 6) is -2.14. The normalized spacial score (nSPS) is 28.6. The molecule has 28 heavy (non-hydrogen) atoms. The molecule has 6 nitrogen and oxygen atoms in total. The highest BCUT2D eigenvalue weighted by molar-refractivity contribution is 6.24. The molecule has 9 heteroatoms. The number of halogens is 3. The van der Waals surface area contributed by atoms with Gasteiger partial charge in [-0.2, -0.15) is 13.2 Å². The Hall–Kier alpha value is -2.94. The number of hydrogen-bond donors (Lipinski definition) is 1. The maximum Gasteiger partial charge on any atom is 0.417 e. The molecule has 5 rings (SSSR count). The van der Waals surface area contributed by atoms with Crippen LogP contribution in [-0.2, 0) is 20.5 Å². The number of aromatic nitrogens is 1. The lowest BCUT2D eigenvalue weighted by molar-refractivity contribution is -0.136. The summed E-state index contributed by atoms with van der Waals surface area (Å²) in [5.41, 5.74) is -1.62. The van der Waals surface area contributed by atoms with Crippen molar-refractivity contribution in [3.05, 3.63) is 51.8 Å². The van der Waals surface area contributed by atoms with Gasteiger partial charge in [0, 0.05) is 11.5 Å². The third-order valence-electron chi connectivity index (χ3n) is 5.71. The largest absolute Gasteiger partial charge is 0.417 e. The van der Waals surface area contributed by atoms with Gasteiger partial charge in [-0.1, -0.05) is 18.2 Å². The average Bonchev–Trinajstić information content (AvgIpc) is 3.29. The summed E-state index contributed by atoms with van der Waals surface area (Å²) in [6.45, 7) is 1.48. The van der Waals surface area contributed by atoms with Crippen LogP contribution in [0.5, 0.6) is 0 Å². The molecular weight excluding hydrogens is 377 g/mol. The monoisotopic (exact) mass is 390 g/mol. The number of hydrogen-bond acceptors (Lipinski definition) is 4. The number of pyridine rings is 1. The van der Waals surface area contributed by atoms with Crippen LogP contribution in [0.4, 0.5) is 18.9 Å². The first-order valence-corrected chi connectivity index (χ1v) is 8.64. The molecular formula is C19H13F3N2O4. The second-order valence-electron chi connectivity index (χ2n) is 7.19. The SMILES string of the molecule is Cc1c(N2C(=O)[C@@H]3[C@H](C2=O)[C@H]2C=C[C@@H]3O2)ccc2c(C(F)(F)F)cc(=O)[nH]c12. The van der Waals surface area contributed by atoms with Crippen LogP contribution in [-0.4, -0.2) is 29.0 Å². The van der Waals surface area contributed by atoms with Crippen molar-refractivity contribution in [2.24, 2.45) is 11.8 Å². The molecule has 144 valence electrons. The Bertz CT molecular complexity index is 1120. The topological polar surface area (TPSA) is 79.5 Å². The van der Waals surface area contributed by atoms with Gasteiger partial charge in [-0.05, 0) is 18.6 Å². The Kier molecular flexibility index (Phi) is 3.26. The van der Waals surface area contributed by atoms with Gasteiger partial charge in [-0.15, -0.1) is 0 Å². The van der Waals surface area contributed by atoms with Gasteiger partial charge < -0.3 is 9.72 Å². The Morgan fingerprint density at radius 2 is 1.64 bits per heavy atom. The zero-order valence-electron chi connectivity index (χ0n) is 14.4. The number of carbonyl (C=O) groups is 2. The molecule has 1 N–H and O–H groups in total. The molecule has 2 aromatic rings. The second kappa shape index (κ2) is 5.32. The van der Waals surface area contributed by atoms with Crippen LogP contribution < -0.4 is 10.5 Å². The first kappa shape index (κ1) is 17.2. The minimum atomic E-state index is -4.71. The lowest BCUT2D eigenvalue weighted by atomic mass is 9.85. The number of nitrogens with zero attached hydrogens (tertiary/aromatic N) is 1. The number of anilines is 1. The standard InChI is InChI=1S/C19H13F3N2O4/c1-7-10(3-2-8-9(19(20,21)22)6-13(25)23-16(7)8)24-17(26)14-11-4-5-12(28-11)15(14)18(24)27/h2-6,11-12,14-15H,1H3,(H,23,25)/t11-,12+,14-,15+. The average molecular weight is 390 g/mol. The minimum absolute atomic E-state index is 0.0488. The number of ether oxygens (including phenoxy) is 1. The molecule has 2 bridgehead atoms. The van der Waals surface area contributed by atoms with Crippen molar-refractivity contribution in [2.75, 3.05) is 4.90 Å². The molecule has 4 atom stereocenters. The van der Waals surface area contributed by atoms with E-state index in [4.69, 9.17) is 4.74 Å². The summed E-state index contributed by atoms with van der Waals surface area (Å²) in [6, 6.07) is 2.99. The van der Waals surface area contributed by atoms with Gasteiger partial charge >= 0.3 is 6.18 Å². The number of imide groups is 1. The third-order valence-corrected chi connectivity index (χ3v) is 5.71. The van der Waals surface area contributed by atoms with E-state index in [2.05, 4.69) is 4.98 Å². The lowest BCUT2D eigenvalue weighted by Gasteiger charge is -2.21. The molecule has 1 aromatic carbocycles. The summed E-state index contributed by atoms with van der Waals surface area (Å²) in [7, 11) is 0. The van der Waals surface area contributed by atoms with Gasteiger partial charge in [0.1, 0.15) is 0 Å². The summed E-state index contributed by atoms with van der Waals surface area (Å²) >= 11 is 0. The molecule has 3 aliphatic rings. The number of benzene rings is 1. The number of H-pyrrole nitrogens is 1. The fourth-order valence-electron chi connectivity index (χ4n) is 4.47. The van der Waals surface area contributed by atoms with E-state index in [1.165, 1.54) is 19.1 Å². The number of carbonyl (C=O) groups excluding carboxylic acids is 2. The molecule has 3 aliphatic heterocycles. The zero-order valence-corrected chi connectivity index (χ0v) is 14.4. The number of aryl methyl sites for hydroxylation is 1. The second-order valence-corrected chi connectivity index (χ2v) is 7.19. The Balaban J connectivity index is 1.67. The third kappa shape index (κ3) is 2.10. The van der Waals surface area contributed by atoms with E-state index in [-0.39, 0.29) is 22.2 Å². The molecule has 0 spiro atoms. The molecule has 0 radical (unpaired) electrons. The molecule has 4 heterocycles. The number of fused-ring (bicyclic) bond motifs is 6. The van der Waals surface area contributed by atoms with E-state index in [9.17, 15) is 27.6 Å². The zero-order chi connectivity index (χ0) is 20.0. The van der Waals surface area contributed by atoms with Gasteiger partial charge in [0.15, 0.2) is 0 Å². The maximum atomic E-state index is 13.3. The van der Waals surface area contributed by atoms with Gasteiger partial charge in [-0.3, -0.25) is 14.4 Å². The van der Waals surface area contributed by atoms with Crippen molar-refractivity contribution in [1.82, 2.24) is 4.98 Å². The molecule has 0 saturated carbocycles. The van der Waals surface area contributed by atoms with Crippen LogP contribution in [0.15, 0.2) is 35.1 Å². The number of aromatic amines is 1. The van der Waals surface area contributed by atoms with Crippen molar-refractivity contribution >= 4 is 28.4 Å². The van der Waals surface area contributed by atoms with Crippen molar-refractivity contribution in [1.29, 1.82) is 0 Å². The van der Waals surface area contributed by atoms with Crippen molar-refractivity contribution in [3.63, 3.8) is 0 Å². The van der Waals surface area contributed by atoms with E-state index in [1.807, 2.05) is 0 Å². The van der Waals surface area contributed by atoms with E-state index >= 15 is 0 Å². The molecule has 2 fully saturated rings. The van der Waals surface area contributed by atoms with Crippen molar-refractivity contribution < 1.29 is 27.5 Å². The minimum Gasteiger partial charge on any atom is -0.365 e. The predicted octanol–water partition coefficient (Wildman–Crippen LogP) is 2.30. The van der Waals surface area contributed by atoms with Crippen LogP contribution >= 0.6 is 0 Å². The summed E-state index contributed by atoms with van der Waals surface area (Å²) in [5, 5.41) is -0.197. The molecule has 2 amide bonds. The molecule has 0 unspecified atom stereocenters. The van der Waals surface area contributed by atoms with Crippen LogP contribution in [0, 0.1) is 18.8 Å². The fraction of sp³-hybridized carbons (Fsp3) is 0.316. The lowest BCUT2D eigenvalue weighted by Crippen LogP contribution is -2.35. The summed E-state index contributed by atoms with van der Waals surface area (Å²) in [6.07, 6.45) is -2.14. The van der Waals surface area contributed by atoms with E-state index < -0.39 is 53.2 Å². The smallest absolute Gasteiger partial charge is 0.365 e. The number of alkyl halides is 3. The first-order valence-electron chi connectivity index (χ1n) is 8.64. The van der Waals surface area contributed by atoms with Crippen LogP contribution in [0.3, 0.4) is 0 Å². The molecule has 0 aliphatic carbocycles. The van der Waals surface area contributed by atoms with E-state index in [1.54, 1.807) is 12.2 Å². The number of nitrogens with one attached hydrogen (secondary N) is 1.